The number of nitrogens with zero attached hydrogens (tertiary/aromatic N) is 4. The summed E-state index contributed by atoms with van der Waals surface area (Å²) in [4.78, 5) is 16.1. The van der Waals surface area contributed by atoms with Crippen molar-refractivity contribution in [2.75, 3.05) is 13.1 Å². The highest BCUT2D eigenvalue weighted by Crippen LogP contribution is 2.19. The van der Waals surface area contributed by atoms with E-state index in [-0.39, 0.29) is 6.10 Å². The van der Waals surface area contributed by atoms with E-state index >= 15 is 0 Å². The normalized spacial score (nSPS) is 18.3. The van der Waals surface area contributed by atoms with Crippen LogP contribution in [0.4, 0.5) is 0 Å². The van der Waals surface area contributed by atoms with Gasteiger partial charge in [-0.25, -0.2) is 9.97 Å². The third-order valence-corrected chi connectivity index (χ3v) is 4.89. The van der Waals surface area contributed by atoms with E-state index in [4.69, 9.17) is 14.7 Å². The molecular weight excluding hydrogens is 324 g/mol. The van der Waals surface area contributed by atoms with Crippen LogP contribution in [0.3, 0.4) is 0 Å². The van der Waals surface area contributed by atoms with Gasteiger partial charge in [0.15, 0.2) is 0 Å². The summed E-state index contributed by atoms with van der Waals surface area (Å²) in [5.41, 5.74) is 5.14. The predicted octanol–water partition coefficient (Wildman–Crippen LogP) is 3.51. The van der Waals surface area contributed by atoms with Gasteiger partial charge in [-0.05, 0) is 50.1 Å². The summed E-state index contributed by atoms with van der Waals surface area (Å²) in [6.45, 7) is 5.53. The Hall–Kier alpha value is -2.37. The zero-order valence-corrected chi connectivity index (χ0v) is 15.1. The maximum atomic E-state index is 6.12. The average molecular weight is 348 g/mol. The molecule has 26 heavy (non-hydrogen) atoms. The molecule has 134 valence electrons. The van der Waals surface area contributed by atoms with Gasteiger partial charge in [0, 0.05) is 25.5 Å². The topological polar surface area (TPSA) is 51.1 Å². The highest BCUT2D eigenvalue weighted by atomic mass is 16.5. The Morgan fingerprint density at radius 3 is 2.77 bits per heavy atom. The van der Waals surface area contributed by atoms with E-state index < -0.39 is 0 Å². The van der Waals surface area contributed by atoms with E-state index in [1.54, 1.807) is 6.20 Å². The Kier molecular flexibility index (Phi) is 5.18. The minimum Gasteiger partial charge on any atom is -0.372 e. The van der Waals surface area contributed by atoms with Crippen LogP contribution in [0, 0.1) is 6.92 Å². The van der Waals surface area contributed by atoms with Crippen LogP contribution in [0.15, 0.2) is 48.8 Å². The van der Waals surface area contributed by atoms with Crippen molar-refractivity contribution in [1.29, 1.82) is 0 Å². The lowest BCUT2D eigenvalue weighted by Gasteiger charge is -2.32. The summed E-state index contributed by atoms with van der Waals surface area (Å²) < 4.78 is 6.12. The van der Waals surface area contributed by atoms with E-state index in [9.17, 15) is 0 Å². The van der Waals surface area contributed by atoms with Crippen molar-refractivity contribution in [3.63, 3.8) is 0 Å². The second kappa shape index (κ2) is 7.89. The van der Waals surface area contributed by atoms with Gasteiger partial charge >= 0.3 is 0 Å². The number of rotatable bonds is 5. The lowest BCUT2D eigenvalue weighted by atomic mass is 10.1. The quantitative estimate of drug-likeness (QED) is 0.706. The van der Waals surface area contributed by atoms with Gasteiger partial charge in [0.1, 0.15) is 0 Å². The van der Waals surface area contributed by atoms with Gasteiger partial charge in [0.25, 0.3) is 0 Å². The molecule has 0 unspecified atom stereocenters. The van der Waals surface area contributed by atoms with Crippen LogP contribution < -0.4 is 0 Å². The van der Waals surface area contributed by atoms with Crippen LogP contribution in [0.2, 0.25) is 0 Å². The molecule has 1 aliphatic heterocycles. The Morgan fingerprint density at radius 1 is 1.12 bits per heavy atom. The molecule has 0 saturated carbocycles. The van der Waals surface area contributed by atoms with Gasteiger partial charge in [-0.15, -0.1) is 0 Å². The van der Waals surface area contributed by atoms with Crippen molar-refractivity contribution in [3.05, 3.63) is 65.7 Å². The van der Waals surface area contributed by atoms with Crippen molar-refractivity contribution in [2.45, 2.75) is 39.0 Å². The van der Waals surface area contributed by atoms with Crippen molar-refractivity contribution in [2.24, 2.45) is 0 Å². The molecule has 3 aromatic rings. The molecule has 0 radical (unpaired) electrons. The highest BCUT2D eigenvalue weighted by Gasteiger charge is 2.21. The second-order valence-corrected chi connectivity index (χ2v) is 6.92. The predicted molar refractivity (Wildman–Crippen MR) is 102 cm³/mol. The van der Waals surface area contributed by atoms with E-state index in [2.05, 4.69) is 22.9 Å². The summed E-state index contributed by atoms with van der Waals surface area (Å²) in [7, 11) is 0. The Morgan fingerprint density at radius 2 is 1.96 bits per heavy atom. The third kappa shape index (κ3) is 4.06. The number of piperidine rings is 1. The van der Waals surface area contributed by atoms with Crippen LogP contribution in [-0.4, -0.2) is 39.0 Å². The molecule has 0 aliphatic carbocycles. The monoisotopic (exact) mass is 348 g/mol. The molecule has 1 saturated heterocycles. The van der Waals surface area contributed by atoms with E-state index in [0.717, 1.165) is 60.5 Å². The van der Waals surface area contributed by atoms with E-state index in [1.807, 2.05) is 36.5 Å². The molecule has 2 aromatic heterocycles. The molecule has 0 bridgehead atoms. The zero-order chi connectivity index (χ0) is 17.8. The van der Waals surface area contributed by atoms with Gasteiger partial charge in [0.2, 0.25) is 0 Å². The average Bonchev–Trinajstić information content (AvgIpc) is 2.68. The van der Waals surface area contributed by atoms with Gasteiger partial charge in [0.05, 0.1) is 35.1 Å². The fourth-order valence-electron chi connectivity index (χ4n) is 3.48. The maximum absolute atomic E-state index is 6.12. The molecule has 5 heteroatoms. The number of benzene rings is 1. The standard InChI is InChI=1S/C21H24N4O/c1-16-21(24-20-9-3-2-8-19(20)23-16)14-25-11-5-7-18(13-25)26-15-17-6-4-10-22-12-17/h2-4,6,8-10,12,18H,5,7,11,13-15H2,1H3/t18-/m0/s1. The maximum Gasteiger partial charge on any atom is 0.0890 e. The summed E-state index contributed by atoms with van der Waals surface area (Å²) in [5.74, 6) is 0. The molecule has 1 fully saturated rings. The van der Waals surface area contributed by atoms with Crippen molar-refractivity contribution >= 4 is 11.0 Å². The zero-order valence-electron chi connectivity index (χ0n) is 15.1. The molecule has 0 N–H and O–H groups in total. The number of hydrogen-bond donors (Lipinski definition) is 0. The lowest BCUT2D eigenvalue weighted by Crippen LogP contribution is -2.39. The second-order valence-electron chi connectivity index (χ2n) is 6.92. The molecular formula is C21H24N4O. The smallest absolute Gasteiger partial charge is 0.0890 e. The van der Waals surface area contributed by atoms with Crippen molar-refractivity contribution in [1.82, 2.24) is 19.9 Å². The first-order chi connectivity index (χ1) is 12.8. The Bertz CT molecular complexity index is 868. The summed E-state index contributed by atoms with van der Waals surface area (Å²) in [6.07, 6.45) is 6.18. The SMILES string of the molecule is Cc1nc2ccccc2nc1CN1CCC[C@H](OCc2cccnc2)C1. The van der Waals surface area contributed by atoms with E-state index in [1.165, 1.54) is 0 Å². The number of pyridine rings is 1. The number of aryl methyl sites for hydroxylation is 1. The van der Waals surface area contributed by atoms with Crippen molar-refractivity contribution in [3.8, 4) is 0 Å². The number of hydrogen-bond acceptors (Lipinski definition) is 5. The lowest BCUT2D eigenvalue weighted by molar-refractivity contribution is -0.0124. The van der Waals surface area contributed by atoms with Gasteiger partial charge in [-0.3, -0.25) is 9.88 Å². The summed E-state index contributed by atoms with van der Waals surface area (Å²) in [5, 5.41) is 0. The third-order valence-electron chi connectivity index (χ3n) is 4.89. The number of para-hydroxylation sites is 2. The van der Waals surface area contributed by atoms with Crippen LogP contribution in [0.1, 0.15) is 29.8 Å². The van der Waals surface area contributed by atoms with Gasteiger partial charge in [-0.1, -0.05) is 18.2 Å². The first kappa shape index (κ1) is 17.1. The largest absolute Gasteiger partial charge is 0.372 e. The molecule has 3 heterocycles. The summed E-state index contributed by atoms with van der Waals surface area (Å²) >= 11 is 0. The highest BCUT2D eigenvalue weighted by molar-refractivity contribution is 5.74. The molecule has 0 amide bonds. The minimum absolute atomic E-state index is 0.262. The number of ether oxygens (including phenoxy) is 1. The van der Waals surface area contributed by atoms with Gasteiger partial charge in [-0.2, -0.15) is 0 Å². The first-order valence-electron chi connectivity index (χ1n) is 9.23. The number of likely N-dealkylation sites (tertiary alicyclic amines) is 1. The fourth-order valence-corrected chi connectivity index (χ4v) is 3.48. The van der Waals surface area contributed by atoms with E-state index in [0.29, 0.717) is 6.61 Å². The fraction of sp³-hybridized carbons (Fsp3) is 0.381. The minimum atomic E-state index is 0.262. The molecule has 4 rings (SSSR count). The molecule has 1 aliphatic rings. The first-order valence-corrected chi connectivity index (χ1v) is 9.23. The summed E-state index contributed by atoms with van der Waals surface area (Å²) in [6, 6.07) is 12.1. The molecule has 0 spiro atoms. The van der Waals surface area contributed by atoms with Crippen LogP contribution in [-0.2, 0) is 17.9 Å². The van der Waals surface area contributed by atoms with Crippen LogP contribution in [0.5, 0.6) is 0 Å². The number of fused-ring (bicyclic) bond motifs is 1. The van der Waals surface area contributed by atoms with Crippen molar-refractivity contribution < 1.29 is 4.74 Å². The van der Waals surface area contributed by atoms with Gasteiger partial charge < -0.3 is 4.74 Å². The number of aromatic nitrogens is 3. The Balaban J connectivity index is 1.39. The van der Waals surface area contributed by atoms with Crippen LogP contribution in [0.25, 0.3) is 11.0 Å². The Labute approximate surface area is 154 Å². The van der Waals surface area contributed by atoms with Crippen LogP contribution >= 0.6 is 0 Å². The molecule has 1 atom stereocenters. The molecule has 1 aromatic carbocycles. The molecule has 5 nitrogen and oxygen atoms in total.